The molecule has 0 aliphatic rings. The van der Waals surface area contributed by atoms with Gasteiger partial charge in [-0.3, -0.25) is 0 Å². The van der Waals surface area contributed by atoms with Crippen LogP contribution in [0.3, 0.4) is 0 Å². The number of rotatable bonds is 6. The molecule has 17 heavy (non-hydrogen) atoms. The van der Waals surface area contributed by atoms with E-state index in [-0.39, 0.29) is 18.6 Å². The number of nitrogens with one attached hydrogen (secondary N) is 1. The van der Waals surface area contributed by atoms with Crippen LogP contribution in [0.5, 0.6) is 0 Å². The molecule has 0 amide bonds. The van der Waals surface area contributed by atoms with E-state index in [9.17, 15) is 0 Å². The molecule has 1 rings (SSSR count). The van der Waals surface area contributed by atoms with Crippen molar-refractivity contribution < 1.29 is 5.11 Å². The minimum atomic E-state index is 0.217. The number of aromatic nitrogens is 2. The number of nitrogens with two attached hydrogens (primary N) is 1. The van der Waals surface area contributed by atoms with Crippen LogP contribution in [0.4, 0.5) is 11.6 Å². The molecule has 4 N–H and O–H groups in total. The Balaban J connectivity index is 2.70. The molecule has 96 valence electrons. The van der Waals surface area contributed by atoms with E-state index in [0.29, 0.717) is 5.82 Å². The van der Waals surface area contributed by atoms with Gasteiger partial charge in [0.2, 0.25) is 0 Å². The molecule has 0 saturated carbocycles. The number of aliphatic hydroxyl groups is 1. The Morgan fingerprint density at radius 3 is 2.65 bits per heavy atom. The molecule has 0 aliphatic heterocycles. The highest BCUT2D eigenvalue weighted by Gasteiger charge is 2.08. The SMILES string of the molecule is CC(CCCO)Nc1cc(N)nc(C(C)C)n1. The van der Waals surface area contributed by atoms with E-state index in [0.717, 1.165) is 24.5 Å². The molecular weight excluding hydrogens is 216 g/mol. The van der Waals surface area contributed by atoms with Crippen LogP contribution in [0.15, 0.2) is 6.07 Å². The lowest BCUT2D eigenvalue weighted by atomic mass is 10.2. The van der Waals surface area contributed by atoms with Crippen molar-refractivity contribution in [2.45, 2.75) is 45.6 Å². The maximum atomic E-state index is 8.77. The summed E-state index contributed by atoms with van der Waals surface area (Å²) in [6, 6.07) is 2.00. The molecule has 0 spiro atoms. The van der Waals surface area contributed by atoms with Gasteiger partial charge < -0.3 is 16.2 Å². The maximum absolute atomic E-state index is 8.77. The highest BCUT2D eigenvalue weighted by molar-refractivity contribution is 5.45. The quantitative estimate of drug-likeness (QED) is 0.703. The first-order chi connectivity index (χ1) is 8.02. The molecule has 1 unspecified atom stereocenters. The molecule has 1 heterocycles. The molecule has 1 atom stereocenters. The Morgan fingerprint density at radius 1 is 1.35 bits per heavy atom. The minimum Gasteiger partial charge on any atom is -0.396 e. The van der Waals surface area contributed by atoms with Crippen molar-refractivity contribution in [1.82, 2.24) is 9.97 Å². The fourth-order valence-corrected chi connectivity index (χ4v) is 1.54. The second-order valence-electron chi connectivity index (χ2n) is 4.60. The fourth-order valence-electron chi connectivity index (χ4n) is 1.54. The Hall–Kier alpha value is -1.36. The van der Waals surface area contributed by atoms with Crippen LogP contribution in [-0.4, -0.2) is 27.7 Å². The smallest absolute Gasteiger partial charge is 0.135 e. The van der Waals surface area contributed by atoms with Gasteiger partial charge >= 0.3 is 0 Å². The third kappa shape index (κ3) is 4.56. The lowest BCUT2D eigenvalue weighted by Gasteiger charge is -2.15. The molecule has 0 aliphatic carbocycles. The highest BCUT2D eigenvalue weighted by atomic mass is 16.2. The van der Waals surface area contributed by atoms with Crippen molar-refractivity contribution in [3.8, 4) is 0 Å². The lowest BCUT2D eigenvalue weighted by molar-refractivity contribution is 0.282. The van der Waals surface area contributed by atoms with Crippen molar-refractivity contribution in [3.05, 3.63) is 11.9 Å². The molecular formula is C12H22N4O. The predicted octanol–water partition coefficient (Wildman–Crippen LogP) is 1.76. The number of nitrogens with zero attached hydrogens (tertiary/aromatic N) is 2. The summed E-state index contributed by atoms with van der Waals surface area (Å²) in [7, 11) is 0. The molecule has 5 nitrogen and oxygen atoms in total. The number of nitrogen functional groups attached to an aromatic ring is 1. The van der Waals surface area contributed by atoms with E-state index in [1.165, 1.54) is 0 Å². The van der Waals surface area contributed by atoms with Crippen molar-refractivity contribution in [2.75, 3.05) is 17.7 Å². The summed E-state index contributed by atoms with van der Waals surface area (Å²) in [4.78, 5) is 8.61. The minimum absolute atomic E-state index is 0.217. The van der Waals surface area contributed by atoms with Crippen molar-refractivity contribution in [1.29, 1.82) is 0 Å². The third-order valence-electron chi connectivity index (χ3n) is 2.47. The molecule has 0 bridgehead atoms. The second-order valence-corrected chi connectivity index (χ2v) is 4.60. The molecule has 5 heteroatoms. The van der Waals surface area contributed by atoms with Crippen molar-refractivity contribution >= 4 is 11.6 Å². The van der Waals surface area contributed by atoms with Crippen LogP contribution in [-0.2, 0) is 0 Å². The summed E-state index contributed by atoms with van der Waals surface area (Å²) in [5.41, 5.74) is 5.74. The monoisotopic (exact) mass is 238 g/mol. The Labute approximate surface area is 102 Å². The second kappa shape index (κ2) is 6.39. The van der Waals surface area contributed by atoms with Gasteiger partial charge in [-0.1, -0.05) is 13.8 Å². The van der Waals surface area contributed by atoms with Gasteiger partial charge in [0, 0.05) is 24.6 Å². The van der Waals surface area contributed by atoms with E-state index in [1.54, 1.807) is 6.07 Å². The van der Waals surface area contributed by atoms with Crippen LogP contribution < -0.4 is 11.1 Å². The number of hydrogen-bond donors (Lipinski definition) is 3. The number of hydrogen-bond acceptors (Lipinski definition) is 5. The normalized spacial score (nSPS) is 12.8. The van der Waals surface area contributed by atoms with Crippen molar-refractivity contribution in [2.24, 2.45) is 0 Å². The first-order valence-corrected chi connectivity index (χ1v) is 6.04. The van der Waals surface area contributed by atoms with Gasteiger partial charge in [0.05, 0.1) is 0 Å². The Kier molecular flexibility index (Phi) is 5.15. The first kappa shape index (κ1) is 13.7. The summed E-state index contributed by atoms with van der Waals surface area (Å²) in [5, 5.41) is 12.0. The van der Waals surface area contributed by atoms with Crippen LogP contribution in [0.25, 0.3) is 0 Å². The summed E-state index contributed by atoms with van der Waals surface area (Å²) in [5.74, 6) is 2.25. The summed E-state index contributed by atoms with van der Waals surface area (Å²) in [6.07, 6.45) is 1.68. The zero-order chi connectivity index (χ0) is 12.8. The van der Waals surface area contributed by atoms with E-state index in [4.69, 9.17) is 10.8 Å². The lowest BCUT2D eigenvalue weighted by Crippen LogP contribution is -2.17. The van der Waals surface area contributed by atoms with Gasteiger partial charge in [-0.2, -0.15) is 0 Å². The van der Waals surface area contributed by atoms with Crippen LogP contribution in [0, 0.1) is 0 Å². The van der Waals surface area contributed by atoms with E-state index < -0.39 is 0 Å². The van der Waals surface area contributed by atoms with Crippen molar-refractivity contribution in [3.63, 3.8) is 0 Å². The highest BCUT2D eigenvalue weighted by Crippen LogP contribution is 2.16. The average molecular weight is 238 g/mol. The molecule has 0 saturated heterocycles. The van der Waals surface area contributed by atoms with Gasteiger partial charge in [0.15, 0.2) is 0 Å². The Bertz CT molecular complexity index is 354. The van der Waals surface area contributed by atoms with Gasteiger partial charge in [-0.15, -0.1) is 0 Å². The predicted molar refractivity (Wildman–Crippen MR) is 69.9 cm³/mol. The van der Waals surface area contributed by atoms with E-state index >= 15 is 0 Å². The van der Waals surface area contributed by atoms with Crippen LogP contribution in [0.2, 0.25) is 0 Å². The largest absolute Gasteiger partial charge is 0.396 e. The standard InChI is InChI=1S/C12H22N4O/c1-8(2)12-15-10(13)7-11(16-12)14-9(3)5-4-6-17/h7-9,17H,4-6H2,1-3H3,(H3,13,14,15,16). The van der Waals surface area contributed by atoms with Crippen LogP contribution >= 0.6 is 0 Å². The van der Waals surface area contributed by atoms with E-state index in [1.807, 2.05) is 13.8 Å². The maximum Gasteiger partial charge on any atom is 0.135 e. The average Bonchev–Trinajstić information content (AvgIpc) is 2.25. The Morgan fingerprint density at radius 2 is 2.06 bits per heavy atom. The zero-order valence-electron chi connectivity index (χ0n) is 10.8. The molecule has 0 radical (unpaired) electrons. The number of anilines is 2. The molecule has 1 aromatic rings. The summed E-state index contributed by atoms with van der Waals surface area (Å²) in [6.45, 7) is 6.35. The topological polar surface area (TPSA) is 84.1 Å². The third-order valence-corrected chi connectivity index (χ3v) is 2.47. The first-order valence-electron chi connectivity index (χ1n) is 6.04. The summed E-state index contributed by atoms with van der Waals surface area (Å²) >= 11 is 0. The van der Waals surface area contributed by atoms with E-state index in [2.05, 4.69) is 22.2 Å². The molecule has 0 aromatic carbocycles. The zero-order valence-corrected chi connectivity index (χ0v) is 10.8. The van der Waals surface area contributed by atoms with Gasteiger partial charge in [-0.25, -0.2) is 9.97 Å². The van der Waals surface area contributed by atoms with Gasteiger partial charge in [0.1, 0.15) is 17.5 Å². The summed E-state index contributed by atoms with van der Waals surface area (Å²) < 4.78 is 0. The van der Waals surface area contributed by atoms with Crippen LogP contribution in [0.1, 0.15) is 45.4 Å². The van der Waals surface area contributed by atoms with Gasteiger partial charge in [-0.05, 0) is 19.8 Å². The van der Waals surface area contributed by atoms with Gasteiger partial charge in [0.25, 0.3) is 0 Å². The molecule has 0 fully saturated rings. The number of aliphatic hydroxyl groups excluding tert-OH is 1. The molecule has 1 aromatic heterocycles. The fraction of sp³-hybridized carbons (Fsp3) is 0.667.